The number of fused-ring (bicyclic) bond motifs is 1. The highest BCUT2D eigenvalue weighted by Crippen LogP contribution is 2.18. The van der Waals surface area contributed by atoms with Crippen molar-refractivity contribution in [2.75, 3.05) is 6.54 Å². The van der Waals surface area contributed by atoms with Crippen LogP contribution in [-0.4, -0.2) is 26.9 Å². The Hall–Kier alpha value is -2.74. The van der Waals surface area contributed by atoms with Crippen LogP contribution in [0.25, 0.3) is 0 Å². The molecule has 27 heavy (non-hydrogen) atoms. The molecule has 4 rings (SSSR count). The first-order chi connectivity index (χ1) is 13.1. The zero-order valence-corrected chi connectivity index (χ0v) is 15.8. The molecule has 0 bridgehead atoms. The number of carbonyl (C=O) groups is 1. The molecule has 134 valence electrons. The molecule has 3 aromatic rings. The summed E-state index contributed by atoms with van der Waals surface area (Å²) in [5.41, 5.74) is 2.27. The molecular weight excluding hydrogens is 381 g/mol. The molecule has 1 aliphatic rings. The summed E-state index contributed by atoms with van der Waals surface area (Å²) in [7, 11) is 0. The minimum atomic E-state index is -0.0432. The minimum absolute atomic E-state index is 0.0432. The quantitative estimate of drug-likeness (QED) is 0.577. The van der Waals surface area contributed by atoms with Gasteiger partial charge in [-0.2, -0.15) is 0 Å². The smallest absolute Gasteiger partial charge is 0.254 e. The highest BCUT2D eigenvalue weighted by molar-refractivity contribution is 6.31. The fraction of sp³-hybridized carbons (Fsp3) is 0.143. The zero-order chi connectivity index (χ0) is 18.8. The minimum Gasteiger partial charge on any atom is -0.329 e. The van der Waals surface area contributed by atoms with Gasteiger partial charge in [0.1, 0.15) is 11.5 Å². The van der Waals surface area contributed by atoms with Crippen LogP contribution >= 0.6 is 23.2 Å². The van der Waals surface area contributed by atoms with Crippen molar-refractivity contribution >= 4 is 29.1 Å². The lowest BCUT2D eigenvalue weighted by atomic mass is 10.2. The van der Waals surface area contributed by atoms with Gasteiger partial charge in [0.2, 0.25) is 0 Å². The van der Waals surface area contributed by atoms with E-state index in [2.05, 4.69) is 21.4 Å². The van der Waals surface area contributed by atoms with E-state index in [4.69, 9.17) is 23.2 Å². The Balaban J connectivity index is 1.53. The molecule has 0 N–H and O–H groups in total. The third-order valence-electron chi connectivity index (χ3n) is 4.38. The normalized spacial score (nSPS) is 12.9. The van der Waals surface area contributed by atoms with Gasteiger partial charge in [-0.1, -0.05) is 41.3 Å². The average molecular weight is 396 g/mol. The number of imidazole rings is 1. The van der Waals surface area contributed by atoms with Crippen LogP contribution in [0, 0.1) is 11.8 Å². The van der Waals surface area contributed by atoms with Crippen molar-refractivity contribution in [3.05, 3.63) is 87.4 Å². The molecule has 0 atom stereocenters. The molecule has 0 saturated carbocycles. The second-order valence-corrected chi connectivity index (χ2v) is 7.08. The number of hydrogen-bond donors (Lipinski definition) is 0. The van der Waals surface area contributed by atoms with Crippen molar-refractivity contribution in [3.63, 3.8) is 0 Å². The summed E-state index contributed by atoms with van der Waals surface area (Å²) < 4.78 is 2.05. The van der Waals surface area contributed by atoms with Crippen molar-refractivity contribution in [1.29, 1.82) is 0 Å². The first kappa shape index (κ1) is 17.7. The van der Waals surface area contributed by atoms with Gasteiger partial charge in [0, 0.05) is 34.3 Å². The topological polar surface area (TPSA) is 38.1 Å². The van der Waals surface area contributed by atoms with Gasteiger partial charge >= 0.3 is 0 Å². The number of nitrogens with zero attached hydrogens (tertiary/aromatic N) is 3. The predicted molar refractivity (Wildman–Crippen MR) is 106 cm³/mol. The summed E-state index contributed by atoms with van der Waals surface area (Å²) >= 11 is 12.0. The Bertz CT molecular complexity index is 1080. The van der Waals surface area contributed by atoms with E-state index in [0.717, 1.165) is 17.1 Å². The maximum absolute atomic E-state index is 12.7. The summed E-state index contributed by atoms with van der Waals surface area (Å²) in [5.74, 6) is 7.05. The average Bonchev–Trinajstić information content (AvgIpc) is 3.08. The Morgan fingerprint density at radius 2 is 1.78 bits per heavy atom. The summed E-state index contributed by atoms with van der Waals surface area (Å²) in [6, 6.07) is 14.4. The Kier molecular flexibility index (Phi) is 4.89. The number of amides is 1. The fourth-order valence-corrected chi connectivity index (χ4v) is 3.42. The van der Waals surface area contributed by atoms with Crippen molar-refractivity contribution in [3.8, 4) is 11.8 Å². The largest absolute Gasteiger partial charge is 0.329 e. The molecule has 6 heteroatoms. The third-order valence-corrected chi connectivity index (χ3v) is 4.85. The van der Waals surface area contributed by atoms with Crippen molar-refractivity contribution in [2.24, 2.45) is 0 Å². The molecule has 1 aliphatic heterocycles. The van der Waals surface area contributed by atoms with Crippen molar-refractivity contribution in [1.82, 2.24) is 14.5 Å². The van der Waals surface area contributed by atoms with Crippen LogP contribution in [-0.2, 0) is 13.1 Å². The van der Waals surface area contributed by atoms with Gasteiger partial charge in [-0.05, 0) is 42.3 Å². The standard InChI is InChI=1S/C21H15Cl2N3O/c22-17-5-1-3-15(11-17)7-8-19-13-24-20-14-25(9-10-26(19)20)21(27)16-4-2-6-18(23)12-16/h1-6,11-13H,9-10,14H2. The maximum atomic E-state index is 12.7. The second-order valence-electron chi connectivity index (χ2n) is 6.21. The van der Waals surface area contributed by atoms with Crippen LogP contribution in [0.5, 0.6) is 0 Å². The Morgan fingerprint density at radius 1 is 1.00 bits per heavy atom. The summed E-state index contributed by atoms with van der Waals surface area (Å²) in [5, 5.41) is 1.21. The van der Waals surface area contributed by atoms with Crippen LogP contribution in [0.1, 0.15) is 27.4 Å². The second kappa shape index (κ2) is 7.48. The number of hydrogen-bond acceptors (Lipinski definition) is 2. The number of carbonyl (C=O) groups excluding carboxylic acids is 1. The van der Waals surface area contributed by atoms with Crippen LogP contribution in [0.2, 0.25) is 10.0 Å². The van der Waals surface area contributed by atoms with E-state index in [0.29, 0.717) is 35.2 Å². The molecular formula is C21H15Cl2N3O. The molecule has 0 fully saturated rings. The van der Waals surface area contributed by atoms with E-state index >= 15 is 0 Å². The van der Waals surface area contributed by atoms with Gasteiger partial charge in [-0.25, -0.2) is 4.98 Å². The van der Waals surface area contributed by atoms with E-state index in [1.807, 2.05) is 24.3 Å². The molecule has 2 heterocycles. The van der Waals surface area contributed by atoms with Gasteiger partial charge in [0.25, 0.3) is 5.91 Å². The SMILES string of the molecule is O=C(c1cccc(Cl)c1)N1CCn2c(C#Cc3cccc(Cl)c3)cnc2C1. The first-order valence-electron chi connectivity index (χ1n) is 8.47. The van der Waals surface area contributed by atoms with E-state index < -0.39 is 0 Å². The molecule has 0 unspecified atom stereocenters. The predicted octanol–water partition coefficient (Wildman–Crippen LogP) is 4.25. The third kappa shape index (κ3) is 3.85. The van der Waals surface area contributed by atoms with Crippen LogP contribution in [0.4, 0.5) is 0 Å². The van der Waals surface area contributed by atoms with Crippen molar-refractivity contribution < 1.29 is 4.79 Å². The van der Waals surface area contributed by atoms with E-state index in [1.165, 1.54) is 0 Å². The van der Waals surface area contributed by atoms with E-state index in [1.54, 1.807) is 35.4 Å². The highest BCUT2D eigenvalue weighted by atomic mass is 35.5. The number of aromatic nitrogens is 2. The Labute approximate surface area is 167 Å². The van der Waals surface area contributed by atoms with Gasteiger partial charge < -0.3 is 9.47 Å². The zero-order valence-electron chi connectivity index (χ0n) is 14.3. The number of rotatable bonds is 1. The first-order valence-corrected chi connectivity index (χ1v) is 9.22. The van der Waals surface area contributed by atoms with Gasteiger partial charge in [-0.3, -0.25) is 4.79 Å². The van der Waals surface area contributed by atoms with Gasteiger partial charge in [0.05, 0.1) is 12.7 Å². The summed E-state index contributed by atoms with van der Waals surface area (Å²) in [6.45, 7) is 1.70. The molecule has 1 aromatic heterocycles. The number of halogens is 2. The molecule has 4 nitrogen and oxygen atoms in total. The van der Waals surface area contributed by atoms with E-state index in [-0.39, 0.29) is 5.91 Å². The molecule has 2 aromatic carbocycles. The van der Waals surface area contributed by atoms with Gasteiger partial charge in [0.15, 0.2) is 0 Å². The fourth-order valence-electron chi connectivity index (χ4n) is 3.04. The highest BCUT2D eigenvalue weighted by Gasteiger charge is 2.24. The van der Waals surface area contributed by atoms with Crippen LogP contribution in [0.3, 0.4) is 0 Å². The lowest BCUT2D eigenvalue weighted by molar-refractivity contribution is 0.0707. The van der Waals surface area contributed by atoms with Crippen molar-refractivity contribution in [2.45, 2.75) is 13.1 Å². The monoisotopic (exact) mass is 395 g/mol. The Morgan fingerprint density at radius 3 is 2.56 bits per heavy atom. The van der Waals surface area contributed by atoms with E-state index in [9.17, 15) is 4.79 Å². The molecule has 0 radical (unpaired) electrons. The van der Waals surface area contributed by atoms with Crippen LogP contribution in [0.15, 0.2) is 54.7 Å². The molecule has 1 amide bonds. The summed E-state index contributed by atoms with van der Waals surface area (Å²) in [4.78, 5) is 18.9. The lowest BCUT2D eigenvalue weighted by Crippen LogP contribution is -2.38. The lowest BCUT2D eigenvalue weighted by Gasteiger charge is -2.28. The molecule has 0 spiro atoms. The summed E-state index contributed by atoms with van der Waals surface area (Å²) in [6.07, 6.45) is 1.75. The molecule has 0 aliphatic carbocycles. The maximum Gasteiger partial charge on any atom is 0.254 e. The number of benzene rings is 2. The van der Waals surface area contributed by atoms with Crippen LogP contribution < -0.4 is 0 Å². The molecule has 0 saturated heterocycles. The van der Waals surface area contributed by atoms with Gasteiger partial charge in [-0.15, -0.1) is 0 Å².